The summed E-state index contributed by atoms with van der Waals surface area (Å²) in [4.78, 5) is 14.9. The van der Waals surface area contributed by atoms with Gasteiger partial charge in [-0.3, -0.25) is 10.0 Å². The fourth-order valence-electron chi connectivity index (χ4n) is 3.43. The Bertz CT molecular complexity index is 925. The molecule has 0 bridgehead atoms. The van der Waals surface area contributed by atoms with Gasteiger partial charge >= 0.3 is 0 Å². The first-order valence-electron chi connectivity index (χ1n) is 9.93. The van der Waals surface area contributed by atoms with Crippen molar-refractivity contribution in [3.63, 3.8) is 0 Å². The van der Waals surface area contributed by atoms with Crippen LogP contribution in [0.1, 0.15) is 25.1 Å². The van der Waals surface area contributed by atoms with Crippen LogP contribution in [-0.2, 0) is 11.3 Å². The van der Waals surface area contributed by atoms with Crippen LogP contribution in [0.25, 0.3) is 0 Å². The molecule has 1 unspecified atom stereocenters. The molecule has 0 saturated heterocycles. The number of aliphatic hydroxyl groups excluding tert-OH is 1. The third-order valence-corrected chi connectivity index (χ3v) is 5.03. The maximum atomic E-state index is 13.4. The molecule has 1 atom stereocenters. The van der Waals surface area contributed by atoms with Crippen molar-refractivity contribution in [2.75, 3.05) is 27.3 Å². The van der Waals surface area contributed by atoms with Gasteiger partial charge in [-0.15, -0.1) is 0 Å². The van der Waals surface area contributed by atoms with E-state index >= 15 is 0 Å². The van der Waals surface area contributed by atoms with Crippen LogP contribution >= 0.6 is 0 Å². The van der Waals surface area contributed by atoms with E-state index in [1.807, 2.05) is 29.2 Å². The lowest BCUT2D eigenvalue weighted by Gasteiger charge is -2.30. The number of hydroxylamine groups is 2. The zero-order valence-corrected chi connectivity index (χ0v) is 17.5. The zero-order chi connectivity index (χ0) is 22.4. The van der Waals surface area contributed by atoms with E-state index in [0.717, 1.165) is 11.1 Å². The highest BCUT2D eigenvalue weighted by molar-refractivity contribution is 5.93. The van der Waals surface area contributed by atoms with Gasteiger partial charge in [0.25, 0.3) is 5.91 Å². The Balaban J connectivity index is 0.00000363. The van der Waals surface area contributed by atoms with Crippen LogP contribution < -0.4 is 15.4 Å². The van der Waals surface area contributed by atoms with Gasteiger partial charge in [-0.05, 0) is 41.8 Å². The average Bonchev–Trinajstić information content (AvgIpc) is 3.16. The van der Waals surface area contributed by atoms with Crippen LogP contribution in [-0.4, -0.2) is 53.5 Å². The van der Waals surface area contributed by atoms with Gasteiger partial charge in [-0.25, -0.2) is 9.45 Å². The smallest absolute Gasteiger partial charge is 0.297 e. The highest BCUT2D eigenvalue weighted by atomic mass is 19.1. The number of nitrogens with one attached hydrogen (secondary N) is 2. The van der Waals surface area contributed by atoms with Gasteiger partial charge in [0.05, 0.1) is 13.7 Å². The Morgan fingerprint density at radius 2 is 1.94 bits per heavy atom. The summed E-state index contributed by atoms with van der Waals surface area (Å²) in [6, 6.07) is 13.5. The lowest BCUT2D eigenvalue weighted by Crippen LogP contribution is -2.37. The molecule has 1 amide bonds. The number of benzene rings is 2. The number of methoxy groups -OCH3 is 1. The van der Waals surface area contributed by atoms with E-state index in [9.17, 15) is 14.4 Å². The number of hydrogen-bond donors (Lipinski definition) is 4. The first-order chi connectivity index (χ1) is 15.0. The number of aliphatic hydroxyl groups is 1. The molecule has 2 aromatic rings. The van der Waals surface area contributed by atoms with Gasteiger partial charge in [0.2, 0.25) is 0 Å². The Kier molecular flexibility index (Phi) is 7.32. The minimum atomic E-state index is -0.608. The molecule has 1 heterocycles. The molecule has 31 heavy (non-hydrogen) atoms. The third kappa shape index (κ3) is 5.07. The Hall–Kier alpha value is -3.30. The number of hydrogen-bond acceptors (Lipinski definition) is 7. The van der Waals surface area contributed by atoms with Crippen LogP contribution in [0.4, 0.5) is 4.39 Å². The maximum Gasteiger partial charge on any atom is 0.297 e. The molecule has 1 aliphatic rings. The number of halogens is 1. The van der Waals surface area contributed by atoms with E-state index < -0.39 is 12.1 Å². The van der Waals surface area contributed by atoms with Crippen LogP contribution in [0.15, 0.2) is 60.0 Å². The molecular formula is C22H29FN4O4. The maximum absolute atomic E-state index is 13.4. The Morgan fingerprint density at radius 3 is 2.52 bits per heavy atom. The summed E-state index contributed by atoms with van der Waals surface area (Å²) in [5.74, 6) is 0.207. The molecular weight excluding hydrogens is 403 g/mol. The molecule has 0 saturated carbocycles. The number of amides is 1. The normalized spacial score (nSPS) is 15.6. The first-order valence-corrected chi connectivity index (χ1v) is 9.93. The molecule has 0 spiro atoms. The molecule has 168 valence electrons. The van der Waals surface area contributed by atoms with Crippen molar-refractivity contribution in [2.24, 2.45) is 0 Å². The minimum Gasteiger partial charge on any atom is -0.497 e. The van der Waals surface area contributed by atoms with Crippen molar-refractivity contribution < 1.29 is 25.7 Å². The van der Waals surface area contributed by atoms with Gasteiger partial charge in [-0.1, -0.05) is 24.3 Å². The summed E-state index contributed by atoms with van der Waals surface area (Å²) < 4.78 is 18.6. The number of nitrogens with zero attached hydrogens (tertiary/aromatic N) is 2. The van der Waals surface area contributed by atoms with E-state index in [1.54, 1.807) is 26.3 Å². The largest absolute Gasteiger partial charge is 0.497 e. The molecule has 0 aliphatic carbocycles. The second-order valence-electron chi connectivity index (χ2n) is 7.05. The van der Waals surface area contributed by atoms with E-state index in [0.29, 0.717) is 23.2 Å². The summed E-state index contributed by atoms with van der Waals surface area (Å²) in [6.07, 6.45) is -0.166. The van der Waals surface area contributed by atoms with Crippen molar-refractivity contribution in [3.05, 3.63) is 77.0 Å². The summed E-state index contributed by atoms with van der Waals surface area (Å²) in [6.45, 7) is 0.145. The van der Waals surface area contributed by atoms with Crippen LogP contribution in [0.3, 0.4) is 0 Å². The molecule has 0 radical (unpaired) electrons. The predicted octanol–water partition coefficient (Wildman–Crippen LogP) is 2.17. The van der Waals surface area contributed by atoms with Gasteiger partial charge in [0, 0.05) is 21.6 Å². The van der Waals surface area contributed by atoms with Crippen molar-refractivity contribution in [2.45, 2.75) is 19.1 Å². The van der Waals surface area contributed by atoms with Crippen LogP contribution in [0, 0.1) is 5.82 Å². The topological polar surface area (TPSA) is 97.3 Å². The highest BCUT2D eigenvalue weighted by Crippen LogP contribution is 2.33. The lowest BCUT2D eigenvalue weighted by atomic mass is 10.1. The van der Waals surface area contributed by atoms with E-state index in [2.05, 4.69) is 10.6 Å². The fraction of sp³-hybridized carbons (Fsp3) is 0.318. The first kappa shape index (κ1) is 22.4. The lowest BCUT2D eigenvalue weighted by molar-refractivity contribution is -0.163. The summed E-state index contributed by atoms with van der Waals surface area (Å²) in [7, 11) is 3.26. The number of carbonyl (C=O) groups is 1. The Morgan fingerprint density at radius 1 is 1.26 bits per heavy atom. The SMILES string of the molecule is CNC1=C(C(=O)N(O)CCCO)N(Cc2ccc(F)cc2)C(c2ccc(OC)cc2)N1.[HH]. The third-order valence-electron chi connectivity index (χ3n) is 5.03. The second-order valence-corrected chi connectivity index (χ2v) is 7.05. The molecule has 8 nitrogen and oxygen atoms in total. The molecule has 4 N–H and O–H groups in total. The molecule has 1 aliphatic heterocycles. The second kappa shape index (κ2) is 10.1. The molecule has 9 heteroatoms. The van der Waals surface area contributed by atoms with Crippen molar-refractivity contribution in [1.29, 1.82) is 0 Å². The summed E-state index contributed by atoms with van der Waals surface area (Å²) in [5, 5.41) is 26.2. The van der Waals surface area contributed by atoms with E-state index in [4.69, 9.17) is 9.84 Å². The predicted molar refractivity (Wildman–Crippen MR) is 114 cm³/mol. The minimum absolute atomic E-state index is 0. The molecule has 0 aromatic heterocycles. The fourth-order valence-corrected chi connectivity index (χ4v) is 3.43. The average molecular weight is 432 g/mol. The molecule has 0 fully saturated rings. The molecule has 2 aromatic carbocycles. The summed E-state index contributed by atoms with van der Waals surface area (Å²) >= 11 is 0. The van der Waals surface area contributed by atoms with Gasteiger partial charge in [-0.2, -0.15) is 0 Å². The number of ether oxygens (including phenoxy) is 1. The van der Waals surface area contributed by atoms with Gasteiger partial charge < -0.3 is 25.4 Å². The van der Waals surface area contributed by atoms with Gasteiger partial charge in [0.1, 0.15) is 29.3 Å². The molecule has 3 rings (SSSR count). The zero-order valence-electron chi connectivity index (χ0n) is 17.5. The van der Waals surface area contributed by atoms with Crippen LogP contribution in [0.2, 0.25) is 0 Å². The van der Waals surface area contributed by atoms with E-state index in [-0.39, 0.29) is 32.5 Å². The van der Waals surface area contributed by atoms with Crippen molar-refractivity contribution in [1.82, 2.24) is 20.6 Å². The quantitative estimate of drug-likeness (QED) is 0.356. The highest BCUT2D eigenvalue weighted by Gasteiger charge is 2.37. The number of carbonyl (C=O) groups excluding carboxylic acids is 1. The van der Waals surface area contributed by atoms with Crippen LogP contribution in [0.5, 0.6) is 5.75 Å². The monoisotopic (exact) mass is 432 g/mol. The van der Waals surface area contributed by atoms with Crippen molar-refractivity contribution >= 4 is 5.91 Å². The van der Waals surface area contributed by atoms with E-state index in [1.165, 1.54) is 12.1 Å². The number of rotatable bonds is 9. The van der Waals surface area contributed by atoms with Crippen molar-refractivity contribution in [3.8, 4) is 5.75 Å². The standard InChI is InChI=1S/C22H27FN4O4.H2/c1-24-20-19(22(29)27(30)12-3-13-28)26(14-15-4-8-17(23)9-5-15)21(25-20)16-6-10-18(31-2)11-7-16;/h4-11,21,24-25,28,30H,3,12-14H2,1-2H3;1H. The Labute approximate surface area is 182 Å². The van der Waals surface area contributed by atoms with Gasteiger partial charge in [0.15, 0.2) is 0 Å². The summed E-state index contributed by atoms with van der Waals surface area (Å²) in [5.41, 5.74) is 1.91.